The molecule has 0 aliphatic heterocycles. The van der Waals surface area contributed by atoms with Crippen LogP contribution in [0.15, 0.2) is 66.7 Å². The molecular weight excluding hydrogens is 378 g/mol. The van der Waals surface area contributed by atoms with Crippen molar-refractivity contribution < 1.29 is 4.79 Å². The molecule has 0 atom stereocenters. The van der Waals surface area contributed by atoms with E-state index in [2.05, 4.69) is 15.6 Å². The van der Waals surface area contributed by atoms with Crippen molar-refractivity contribution in [2.45, 2.75) is 6.92 Å². The maximum absolute atomic E-state index is 12.2. The zero-order chi connectivity index (χ0) is 18.8. The molecule has 4 aromatic rings. The van der Waals surface area contributed by atoms with Crippen LogP contribution >= 0.6 is 22.9 Å². The SMILES string of the molecule is Cc1cccc(NC(=O)Nc2ccc(-c3nc4ccccc4s3)c(Cl)c2)c1. The summed E-state index contributed by atoms with van der Waals surface area (Å²) in [5, 5.41) is 7.02. The van der Waals surface area contributed by atoms with Crippen molar-refractivity contribution in [2.24, 2.45) is 0 Å². The minimum absolute atomic E-state index is 0.315. The number of aryl methyl sites for hydroxylation is 1. The smallest absolute Gasteiger partial charge is 0.308 e. The number of para-hydroxylation sites is 1. The van der Waals surface area contributed by atoms with Gasteiger partial charge in [0.05, 0.1) is 15.2 Å². The lowest BCUT2D eigenvalue weighted by Crippen LogP contribution is -2.19. The third-order valence-corrected chi connectivity index (χ3v) is 5.41. The van der Waals surface area contributed by atoms with Gasteiger partial charge in [0.1, 0.15) is 5.01 Å². The average molecular weight is 394 g/mol. The lowest BCUT2D eigenvalue weighted by Gasteiger charge is -2.09. The fourth-order valence-electron chi connectivity index (χ4n) is 2.77. The van der Waals surface area contributed by atoms with Crippen molar-refractivity contribution in [3.05, 3.63) is 77.3 Å². The van der Waals surface area contributed by atoms with Gasteiger partial charge in [-0.15, -0.1) is 11.3 Å². The van der Waals surface area contributed by atoms with Gasteiger partial charge in [-0.3, -0.25) is 0 Å². The number of rotatable bonds is 3. The summed E-state index contributed by atoms with van der Waals surface area (Å²) in [6.07, 6.45) is 0. The Bertz CT molecular complexity index is 1110. The molecule has 4 rings (SSSR count). The molecule has 6 heteroatoms. The Morgan fingerprint density at radius 1 is 0.963 bits per heavy atom. The normalized spacial score (nSPS) is 10.7. The summed E-state index contributed by atoms with van der Waals surface area (Å²) in [5.74, 6) is 0. The molecule has 0 fully saturated rings. The average Bonchev–Trinajstić information content (AvgIpc) is 3.05. The highest BCUT2D eigenvalue weighted by atomic mass is 35.5. The molecule has 0 aliphatic carbocycles. The number of anilines is 2. The van der Waals surface area contributed by atoms with E-state index in [9.17, 15) is 4.79 Å². The molecule has 27 heavy (non-hydrogen) atoms. The second kappa shape index (κ2) is 7.39. The van der Waals surface area contributed by atoms with Gasteiger partial charge in [0.25, 0.3) is 0 Å². The van der Waals surface area contributed by atoms with Gasteiger partial charge in [-0.1, -0.05) is 35.9 Å². The van der Waals surface area contributed by atoms with E-state index in [4.69, 9.17) is 11.6 Å². The van der Waals surface area contributed by atoms with Crippen molar-refractivity contribution in [1.82, 2.24) is 4.98 Å². The first-order valence-corrected chi connectivity index (χ1v) is 9.58. The lowest BCUT2D eigenvalue weighted by atomic mass is 10.2. The zero-order valence-corrected chi connectivity index (χ0v) is 16.1. The van der Waals surface area contributed by atoms with Gasteiger partial charge in [0.15, 0.2) is 0 Å². The summed E-state index contributed by atoms with van der Waals surface area (Å²) >= 11 is 8.04. The summed E-state index contributed by atoms with van der Waals surface area (Å²) in [4.78, 5) is 16.8. The van der Waals surface area contributed by atoms with Crippen molar-refractivity contribution >= 4 is 50.6 Å². The number of urea groups is 1. The monoisotopic (exact) mass is 393 g/mol. The molecule has 0 radical (unpaired) electrons. The fourth-order valence-corrected chi connectivity index (χ4v) is 4.10. The van der Waals surface area contributed by atoms with E-state index in [1.807, 2.05) is 67.6 Å². The van der Waals surface area contributed by atoms with E-state index < -0.39 is 0 Å². The van der Waals surface area contributed by atoms with Crippen molar-refractivity contribution in [3.63, 3.8) is 0 Å². The van der Waals surface area contributed by atoms with Gasteiger partial charge in [0.2, 0.25) is 0 Å². The third-order valence-electron chi connectivity index (χ3n) is 4.03. The highest BCUT2D eigenvalue weighted by Gasteiger charge is 2.11. The number of hydrogen-bond donors (Lipinski definition) is 2. The van der Waals surface area contributed by atoms with Crippen LogP contribution in [0, 0.1) is 6.92 Å². The Labute approximate surface area is 165 Å². The first kappa shape index (κ1) is 17.5. The van der Waals surface area contributed by atoms with Gasteiger partial charge >= 0.3 is 6.03 Å². The highest BCUT2D eigenvalue weighted by Crippen LogP contribution is 2.35. The van der Waals surface area contributed by atoms with Crippen molar-refractivity contribution in [1.29, 1.82) is 0 Å². The fraction of sp³-hybridized carbons (Fsp3) is 0.0476. The van der Waals surface area contributed by atoms with Crippen LogP contribution < -0.4 is 10.6 Å². The highest BCUT2D eigenvalue weighted by molar-refractivity contribution is 7.21. The Morgan fingerprint density at radius 2 is 1.74 bits per heavy atom. The predicted molar refractivity (Wildman–Crippen MR) is 114 cm³/mol. The lowest BCUT2D eigenvalue weighted by molar-refractivity contribution is 0.262. The van der Waals surface area contributed by atoms with Crippen LogP contribution in [-0.4, -0.2) is 11.0 Å². The van der Waals surface area contributed by atoms with Gasteiger partial charge in [0, 0.05) is 16.9 Å². The largest absolute Gasteiger partial charge is 0.323 e. The second-order valence-electron chi connectivity index (χ2n) is 6.13. The standard InChI is InChI=1S/C21H16ClN3OS/c1-13-5-4-6-14(11-13)23-21(26)24-15-9-10-16(17(22)12-15)20-25-18-7-2-3-8-19(18)27-20/h2-12H,1H3,(H2,23,24,26). The second-order valence-corrected chi connectivity index (χ2v) is 7.57. The number of carbonyl (C=O) groups excluding carboxylic acids is 1. The minimum Gasteiger partial charge on any atom is -0.308 e. The van der Waals surface area contributed by atoms with Gasteiger partial charge in [-0.25, -0.2) is 9.78 Å². The van der Waals surface area contributed by atoms with Crippen molar-refractivity contribution in [2.75, 3.05) is 10.6 Å². The number of nitrogens with one attached hydrogen (secondary N) is 2. The Hall–Kier alpha value is -2.89. The number of hydrogen-bond acceptors (Lipinski definition) is 3. The van der Waals surface area contributed by atoms with Crippen molar-refractivity contribution in [3.8, 4) is 10.6 Å². The summed E-state index contributed by atoms with van der Waals surface area (Å²) < 4.78 is 1.11. The van der Waals surface area contributed by atoms with Crippen LogP contribution in [0.3, 0.4) is 0 Å². The number of fused-ring (bicyclic) bond motifs is 1. The number of amides is 2. The summed E-state index contributed by atoms with van der Waals surface area (Å²) in [6.45, 7) is 1.98. The van der Waals surface area contributed by atoms with Crippen LogP contribution in [0.2, 0.25) is 5.02 Å². The molecule has 0 saturated carbocycles. The summed E-state index contributed by atoms with van der Waals surface area (Å²) in [6, 6.07) is 20.7. The van der Waals surface area contributed by atoms with E-state index in [-0.39, 0.29) is 6.03 Å². The summed E-state index contributed by atoms with van der Waals surface area (Å²) in [7, 11) is 0. The quantitative estimate of drug-likeness (QED) is 0.413. The molecule has 0 spiro atoms. The first-order valence-electron chi connectivity index (χ1n) is 8.39. The van der Waals surface area contributed by atoms with E-state index >= 15 is 0 Å². The Morgan fingerprint density at radius 3 is 2.48 bits per heavy atom. The minimum atomic E-state index is -0.315. The Balaban J connectivity index is 1.52. The first-order chi connectivity index (χ1) is 13.1. The van der Waals surface area contributed by atoms with Crippen LogP contribution in [0.1, 0.15) is 5.56 Å². The number of halogens is 1. The predicted octanol–water partition coefficient (Wildman–Crippen LogP) is 6.57. The number of nitrogens with zero attached hydrogens (tertiary/aromatic N) is 1. The van der Waals surface area contributed by atoms with E-state index in [1.165, 1.54) is 0 Å². The maximum Gasteiger partial charge on any atom is 0.323 e. The molecule has 1 heterocycles. The van der Waals surface area contributed by atoms with Gasteiger partial charge in [-0.2, -0.15) is 0 Å². The van der Waals surface area contributed by atoms with Crippen LogP contribution in [0.25, 0.3) is 20.8 Å². The molecule has 1 aromatic heterocycles. The van der Waals surface area contributed by atoms with Crippen LogP contribution in [0.4, 0.5) is 16.2 Å². The summed E-state index contributed by atoms with van der Waals surface area (Å²) in [5.41, 5.74) is 4.24. The molecule has 0 aliphatic rings. The third kappa shape index (κ3) is 3.94. The van der Waals surface area contributed by atoms with Crippen LogP contribution in [-0.2, 0) is 0 Å². The molecule has 0 bridgehead atoms. The van der Waals surface area contributed by atoms with E-state index in [0.717, 1.165) is 32.0 Å². The van der Waals surface area contributed by atoms with Gasteiger partial charge < -0.3 is 10.6 Å². The molecular formula is C21H16ClN3OS. The number of benzene rings is 3. The Kier molecular flexibility index (Phi) is 4.79. The van der Waals surface area contributed by atoms with Gasteiger partial charge in [-0.05, 0) is 55.0 Å². The van der Waals surface area contributed by atoms with Crippen LogP contribution in [0.5, 0.6) is 0 Å². The molecule has 3 aromatic carbocycles. The molecule has 0 saturated heterocycles. The zero-order valence-electron chi connectivity index (χ0n) is 14.5. The number of thiazole rings is 1. The number of carbonyl (C=O) groups is 1. The van der Waals surface area contributed by atoms with E-state index in [0.29, 0.717) is 10.7 Å². The molecule has 2 N–H and O–H groups in total. The molecule has 134 valence electrons. The number of aromatic nitrogens is 1. The molecule has 0 unspecified atom stereocenters. The van der Waals surface area contributed by atoms with E-state index in [1.54, 1.807) is 17.4 Å². The topological polar surface area (TPSA) is 54.0 Å². The molecule has 4 nitrogen and oxygen atoms in total. The molecule has 2 amide bonds. The maximum atomic E-state index is 12.2.